The lowest BCUT2D eigenvalue weighted by atomic mass is 9.91. The van der Waals surface area contributed by atoms with Crippen molar-refractivity contribution in [3.63, 3.8) is 0 Å². The molecule has 0 unspecified atom stereocenters. The average molecular weight is 678 g/mol. The highest BCUT2D eigenvalue weighted by Crippen LogP contribution is 2.44. The summed E-state index contributed by atoms with van der Waals surface area (Å²) in [5.74, 6) is 1.94. The molecule has 10 aromatic rings. The summed E-state index contributed by atoms with van der Waals surface area (Å²) in [6.45, 7) is 0. The summed E-state index contributed by atoms with van der Waals surface area (Å²) in [6.07, 6.45) is 0. The van der Waals surface area contributed by atoms with Gasteiger partial charge in [0.25, 0.3) is 0 Å². The maximum absolute atomic E-state index is 6.68. The fourth-order valence-corrected chi connectivity index (χ4v) is 7.34. The smallest absolute Gasteiger partial charge is 0.164 e. The van der Waals surface area contributed by atoms with Crippen molar-refractivity contribution in [2.45, 2.75) is 0 Å². The van der Waals surface area contributed by atoms with Crippen molar-refractivity contribution in [3.8, 4) is 67.5 Å². The Balaban J connectivity index is 1.03. The summed E-state index contributed by atoms with van der Waals surface area (Å²) in [7, 11) is 0. The second-order valence-electron chi connectivity index (χ2n) is 13.2. The first-order chi connectivity index (χ1) is 26.3. The molecule has 8 aromatic carbocycles. The van der Waals surface area contributed by atoms with Crippen LogP contribution in [0.2, 0.25) is 0 Å². The Hall–Kier alpha value is -7.17. The van der Waals surface area contributed by atoms with E-state index in [1.165, 1.54) is 11.1 Å². The minimum atomic E-state index is 0.641. The highest BCUT2D eigenvalue weighted by Gasteiger charge is 2.19. The molecule has 0 N–H and O–H groups in total. The molecule has 4 nitrogen and oxygen atoms in total. The summed E-state index contributed by atoms with van der Waals surface area (Å²) in [6, 6.07) is 65.2. The van der Waals surface area contributed by atoms with E-state index < -0.39 is 0 Å². The Bertz CT molecular complexity index is 2840. The van der Waals surface area contributed by atoms with Gasteiger partial charge in [-0.3, -0.25) is 0 Å². The third kappa shape index (κ3) is 5.54. The SMILES string of the molecule is c1ccc(-c2nc(-c3ccccc3)nc(-c3ccc(-c4ccc(-c5cc6cccc(-c7ccccc7)c6c6oc7ccccc7c56)cc4)cc3)n2)cc1. The lowest BCUT2D eigenvalue weighted by Crippen LogP contribution is -2.00. The summed E-state index contributed by atoms with van der Waals surface area (Å²) >= 11 is 0. The van der Waals surface area contributed by atoms with Crippen LogP contribution in [0.5, 0.6) is 0 Å². The molecule has 0 saturated heterocycles. The maximum atomic E-state index is 6.68. The Kier molecular flexibility index (Phi) is 7.43. The van der Waals surface area contributed by atoms with Crippen molar-refractivity contribution < 1.29 is 4.42 Å². The van der Waals surface area contributed by atoms with Gasteiger partial charge in [0.15, 0.2) is 17.5 Å². The van der Waals surface area contributed by atoms with Crippen LogP contribution in [0.25, 0.3) is 100 Å². The van der Waals surface area contributed by atoms with Gasteiger partial charge >= 0.3 is 0 Å². The number of nitrogens with zero attached hydrogens (tertiary/aromatic N) is 3. The summed E-state index contributed by atoms with van der Waals surface area (Å²) < 4.78 is 6.68. The number of hydrogen-bond acceptors (Lipinski definition) is 4. The number of furan rings is 1. The molecule has 0 saturated carbocycles. The minimum Gasteiger partial charge on any atom is -0.455 e. The zero-order valence-corrected chi connectivity index (χ0v) is 28.6. The lowest BCUT2D eigenvalue weighted by molar-refractivity contribution is 0.673. The Morgan fingerprint density at radius 1 is 0.321 bits per heavy atom. The molecule has 0 aliphatic rings. The minimum absolute atomic E-state index is 0.641. The fraction of sp³-hybridized carbons (Fsp3) is 0. The zero-order chi connectivity index (χ0) is 35.1. The van der Waals surface area contributed by atoms with Crippen LogP contribution in [0.1, 0.15) is 0 Å². The summed E-state index contributed by atoms with van der Waals surface area (Å²) in [5, 5.41) is 4.54. The van der Waals surface area contributed by atoms with Crippen LogP contribution in [-0.4, -0.2) is 15.0 Å². The quantitative estimate of drug-likeness (QED) is 0.176. The highest BCUT2D eigenvalue weighted by atomic mass is 16.3. The molecule has 0 bridgehead atoms. The van der Waals surface area contributed by atoms with Crippen LogP contribution in [0.3, 0.4) is 0 Å². The van der Waals surface area contributed by atoms with Gasteiger partial charge in [-0.1, -0.05) is 176 Å². The molecule has 0 fully saturated rings. The standard InChI is InChI=1S/C49H31N3O/c1-4-13-34(14-5-1)40-21-12-19-39-31-42(45-41-20-10-11-22-43(41)53-46(45)44(39)40)35-27-23-32(24-28-35)33-25-29-38(30-26-33)49-51-47(36-15-6-2-7-16-36)50-48(52-49)37-17-8-3-9-18-37/h1-31H. The number of fused-ring (bicyclic) bond motifs is 5. The van der Waals surface area contributed by atoms with Crippen molar-refractivity contribution in [1.82, 2.24) is 15.0 Å². The molecule has 248 valence electrons. The Morgan fingerprint density at radius 3 is 1.36 bits per heavy atom. The van der Waals surface area contributed by atoms with E-state index in [1.54, 1.807) is 0 Å². The number of rotatable bonds is 6. The first-order valence-corrected chi connectivity index (χ1v) is 17.8. The van der Waals surface area contributed by atoms with E-state index in [9.17, 15) is 0 Å². The molecule has 0 aliphatic carbocycles. The largest absolute Gasteiger partial charge is 0.455 e. The van der Waals surface area contributed by atoms with E-state index >= 15 is 0 Å². The van der Waals surface area contributed by atoms with Gasteiger partial charge in [-0.2, -0.15) is 0 Å². The lowest BCUT2D eigenvalue weighted by Gasteiger charge is -2.12. The van der Waals surface area contributed by atoms with Gasteiger partial charge in [0.2, 0.25) is 0 Å². The van der Waals surface area contributed by atoms with Crippen molar-refractivity contribution in [3.05, 3.63) is 188 Å². The van der Waals surface area contributed by atoms with Gasteiger partial charge in [0.1, 0.15) is 11.2 Å². The summed E-state index contributed by atoms with van der Waals surface area (Å²) in [4.78, 5) is 14.6. The van der Waals surface area contributed by atoms with E-state index in [0.717, 1.165) is 71.7 Å². The van der Waals surface area contributed by atoms with E-state index in [4.69, 9.17) is 19.4 Å². The first-order valence-electron chi connectivity index (χ1n) is 17.8. The second kappa shape index (κ2) is 12.9. The van der Waals surface area contributed by atoms with Gasteiger partial charge in [-0.15, -0.1) is 0 Å². The molecule has 53 heavy (non-hydrogen) atoms. The molecule has 0 aliphatic heterocycles. The second-order valence-corrected chi connectivity index (χ2v) is 13.2. The van der Waals surface area contributed by atoms with Crippen LogP contribution in [0, 0.1) is 0 Å². The maximum Gasteiger partial charge on any atom is 0.164 e. The van der Waals surface area contributed by atoms with Gasteiger partial charge in [0.05, 0.1) is 0 Å². The predicted octanol–water partition coefficient (Wildman–Crippen LogP) is 12.9. The van der Waals surface area contributed by atoms with Gasteiger partial charge in [-0.25, -0.2) is 15.0 Å². The normalized spacial score (nSPS) is 11.4. The molecular formula is C49H31N3O. The first kappa shape index (κ1) is 30.6. The van der Waals surface area contributed by atoms with Gasteiger partial charge < -0.3 is 4.42 Å². The van der Waals surface area contributed by atoms with Crippen LogP contribution in [0.4, 0.5) is 0 Å². The molecule has 0 amide bonds. The monoisotopic (exact) mass is 677 g/mol. The fourth-order valence-electron chi connectivity index (χ4n) is 7.34. The molecule has 4 heteroatoms. The predicted molar refractivity (Wildman–Crippen MR) is 217 cm³/mol. The van der Waals surface area contributed by atoms with Crippen molar-refractivity contribution in [2.24, 2.45) is 0 Å². The Labute approximate surface area is 306 Å². The molecule has 2 aromatic heterocycles. The molecule has 0 radical (unpaired) electrons. The van der Waals surface area contributed by atoms with E-state index in [2.05, 4.69) is 121 Å². The van der Waals surface area contributed by atoms with Crippen molar-refractivity contribution >= 4 is 32.7 Å². The van der Waals surface area contributed by atoms with Gasteiger partial charge in [0, 0.05) is 32.8 Å². The third-order valence-corrected chi connectivity index (χ3v) is 9.94. The third-order valence-electron chi connectivity index (χ3n) is 9.94. The van der Waals surface area contributed by atoms with E-state index in [1.807, 2.05) is 66.7 Å². The van der Waals surface area contributed by atoms with Crippen LogP contribution < -0.4 is 0 Å². The number of para-hydroxylation sites is 1. The molecule has 10 rings (SSSR count). The van der Waals surface area contributed by atoms with Crippen LogP contribution in [0.15, 0.2) is 192 Å². The van der Waals surface area contributed by atoms with Gasteiger partial charge in [-0.05, 0) is 50.9 Å². The Morgan fingerprint density at radius 2 is 0.774 bits per heavy atom. The van der Waals surface area contributed by atoms with Crippen LogP contribution >= 0.6 is 0 Å². The number of hydrogen-bond donors (Lipinski definition) is 0. The van der Waals surface area contributed by atoms with E-state index in [-0.39, 0.29) is 0 Å². The van der Waals surface area contributed by atoms with Crippen molar-refractivity contribution in [1.29, 1.82) is 0 Å². The molecule has 0 spiro atoms. The number of aromatic nitrogens is 3. The number of benzene rings is 8. The van der Waals surface area contributed by atoms with E-state index in [0.29, 0.717) is 17.5 Å². The molecule has 2 heterocycles. The topological polar surface area (TPSA) is 51.8 Å². The summed E-state index contributed by atoms with van der Waals surface area (Å²) in [5.41, 5.74) is 11.5. The van der Waals surface area contributed by atoms with Crippen LogP contribution in [-0.2, 0) is 0 Å². The average Bonchev–Trinajstić information content (AvgIpc) is 3.64. The molecular weight excluding hydrogens is 647 g/mol. The zero-order valence-electron chi connectivity index (χ0n) is 28.6. The highest BCUT2D eigenvalue weighted by molar-refractivity contribution is 6.24. The molecule has 0 atom stereocenters. The van der Waals surface area contributed by atoms with Crippen molar-refractivity contribution in [2.75, 3.05) is 0 Å².